The maximum atomic E-state index is 5.67. The van der Waals surface area contributed by atoms with Crippen molar-refractivity contribution in [2.24, 2.45) is 0 Å². The van der Waals surface area contributed by atoms with Gasteiger partial charge in [-0.2, -0.15) is 0 Å². The summed E-state index contributed by atoms with van der Waals surface area (Å²) in [4.78, 5) is 2.52. The van der Waals surface area contributed by atoms with Crippen LogP contribution in [0.2, 0.25) is 0 Å². The highest BCUT2D eigenvalue weighted by Crippen LogP contribution is 2.26. The van der Waals surface area contributed by atoms with Crippen LogP contribution in [0, 0.1) is 0 Å². The first-order valence-electron chi connectivity index (χ1n) is 8.46. The summed E-state index contributed by atoms with van der Waals surface area (Å²) in [7, 11) is 0. The van der Waals surface area contributed by atoms with Crippen LogP contribution in [0.25, 0.3) is 0 Å². The van der Waals surface area contributed by atoms with Crippen LogP contribution in [-0.2, 0) is 0 Å². The Morgan fingerprint density at radius 3 is 2.48 bits per heavy atom. The number of anilines is 1. The van der Waals surface area contributed by atoms with Gasteiger partial charge in [0.15, 0.2) is 0 Å². The third kappa shape index (κ3) is 4.13. The second-order valence-corrected chi connectivity index (χ2v) is 6.03. The molecule has 0 bridgehead atoms. The van der Waals surface area contributed by atoms with E-state index in [0.29, 0.717) is 0 Å². The number of hydrogen-bond acceptors (Lipinski definition) is 3. The molecule has 1 N–H and O–H groups in total. The molecule has 1 aliphatic heterocycles. The lowest BCUT2D eigenvalue weighted by Gasteiger charge is -2.36. The van der Waals surface area contributed by atoms with Gasteiger partial charge >= 0.3 is 0 Å². The lowest BCUT2D eigenvalue weighted by atomic mass is 9.92. The maximum absolute atomic E-state index is 5.67. The summed E-state index contributed by atoms with van der Waals surface area (Å²) in [6.45, 7) is 10.9. The molecule has 1 aromatic rings. The fourth-order valence-electron chi connectivity index (χ4n) is 3.04. The Hall–Kier alpha value is -1.22. The molecule has 3 heteroatoms. The largest absolute Gasteiger partial charge is 0.494 e. The van der Waals surface area contributed by atoms with Gasteiger partial charge < -0.3 is 15.0 Å². The molecule has 0 radical (unpaired) electrons. The van der Waals surface area contributed by atoms with E-state index >= 15 is 0 Å². The molecule has 1 fully saturated rings. The fraction of sp³-hybridized carbons (Fsp3) is 0.667. The van der Waals surface area contributed by atoms with Crippen LogP contribution in [0.1, 0.15) is 46.5 Å². The Morgan fingerprint density at radius 1 is 1.14 bits per heavy atom. The highest BCUT2D eigenvalue weighted by molar-refractivity contribution is 5.49. The number of benzene rings is 1. The first-order valence-corrected chi connectivity index (χ1v) is 8.46. The monoisotopic (exact) mass is 290 g/mol. The third-order valence-corrected chi connectivity index (χ3v) is 4.63. The summed E-state index contributed by atoms with van der Waals surface area (Å²) in [6, 6.07) is 8.60. The van der Waals surface area contributed by atoms with Crippen molar-refractivity contribution < 1.29 is 4.74 Å². The molecule has 1 saturated heterocycles. The lowest BCUT2D eigenvalue weighted by Crippen LogP contribution is -2.50. The van der Waals surface area contributed by atoms with E-state index in [-0.39, 0.29) is 5.54 Å². The topological polar surface area (TPSA) is 24.5 Å². The van der Waals surface area contributed by atoms with E-state index in [2.05, 4.69) is 55.3 Å². The first-order chi connectivity index (χ1) is 10.2. The molecule has 2 rings (SSSR count). The Morgan fingerprint density at radius 2 is 1.86 bits per heavy atom. The average Bonchev–Trinajstić information content (AvgIpc) is 2.76. The summed E-state index contributed by atoms with van der Waals surface area (Å²) in [6.07, 6.45) is 4.61. The summed E-state index contributed by atoms with van der Waals surface area (Å²) in [5, 5.41) is 3.77. The molecule has 1 aromatic carbocycles. The van der Waals surface area contributed by atoms with Crippen LogP contribution in [0.3, 0.4) is 0 Å². The first kappa shape index (κ1) is 16.2. The summed E-state index contributed by atoms with van der Waals surface area (Å²) in [5.74, 6) is 0.978. The Kier molecular flexibility index (Phi) is 5.92. The molecule has 1 aliphatic rings. The number of hydrogen-bond donors (Lipinski definition) is 1. The van der Waals surface area contributed by atoms with Crippen molar-refractivity contribution in [2.45, 2.75) is 52.0 Å². The molecule has 0 aromatic heterocycles. The van der Waals surface area contributed by atoms with Crippen LogP contribution in [0.15, 0.2) is 24.3 Å². The minimum absolute atomic E-state index is 0.258. The van der Waals surface area contributed by atoms with E-state index in [9.17, 15) is 0 Å². The number of rotatable bonds is 6. The SMILES string of the molecule is CCCOc1ccc(N2CCCNC(CC)(CC)C2)cc1. The van der Waals surface area contributed by atoms with Crippen LogP contribution < -0.4 is 15.0 Å². The predicted octanol–water partition coefficient (Wildman–Crippen LogP) is 3.83. The van der Waals surface area contributed by atoms with E-state index in [4.69, 9.17) is 4.74 Å². The highest BCUT2D eigenvalue weighted by Gasteiger charge is 2.30. The maximum Gasteiger partial charge on any atom is 0.119 e. The standard InChI is InChI=1S/C18H30N2O/c1-4-14-21-17-10-8-16(9-11-17)20-13-7-12-19-18(5-2,6-3)15-20/h8-11,19H,4-7,12-15H2,1-3H3. The normalized spacial score (nSPS) is 18.3. The fourth-order valence-corrected chi connectivity index (χ4v) is 3.04. The second-order valence-electron chi connectivity index (χ2n) is 6.03. The van der Waals surface area contributed by atoms with Crippen LogP contribution >= 0.6 is 0 Å². The van der Waals surface area contributed by atoms with Crippen LogP contribution in [0.5, 0.6) is 5.75 Å². The Balaban J connectivity index is 2.08. The van der Waals surface area contributed by atoms with Crippen molar-refractivity contribution in [3.63, 3.8) is 0 Å². The van der Waals surface area contributed by atoms with Gasteiger partial charge in [0.25, 0.3) is 0 Å². The molecule has 0 aliphatic carbocycles. The van der Waals surface area contributed by atoms with Crippen molar-refractivity contribution >= 4 is 5.69 Å². The van der Waals surface area contributed by atoms with E-state index < -0.39 is 0 Å². The summed E-state index contributed by atoms with van der Waals surface area (Å²) < 4.78 is 5.67. The van der Waals surface area contributed by atoms with Gasteiger partial charge in [0.2, 0.25) is 0 Å². The Bertz CT molecular complexity index is 412. The average molecular weight is 290 g/mol. The van der Waals surface area contributed by atoms with Gasteiger partial charge in [-0.3, -0.25) is 0 Å². The quantitative estimate of drug-likeness (QED) is 0.861. The highest BCUT2D eigenvalue weighted by atomic mass is 16.5. The molecule has 118 valence electrons. The van der Waals surface area contributed by atoms with Crippen LogP contribution in [-0.4, -0.2) is 31.8 Å². The minimum Gasteiger partial charge on any atom is -0.494 e. The van der Waals surface area contributed by atoms with Gasteiger partial charge in [0.05, 0.1) is 6.61 Å². The second kappa shape index (κ2) is 7.69. The lowest BCUT2D eigenvalue weighted by molar-refractivity contribution is 0.317. The molecule has 0 amide bonds. The minimum atomic E-state index is 0.258. The Labute approximate surface area is 129 Å². The molecule has 0 atom stereocenters. The summed E-state index contributed by atoms with van der Waals surface area (Å²) in [5.41, 5.74) is 1.57. The zero-order valence-electron chi connectivity index (χ0n) is 13.8. The molecular formula is C18H30N2O. The van der Waals surface area contributed by atoms with E-state index in [0.717, 1.165) is 38.4 Å². The predicted molar refractivity (Wildman–Crippen MR) is 90.4 cm³/mol. The summed E-state index contributed by atoms with van der Waals surface area (Å²) >= 11 is 0. The van der Waals surface area contributed by atoms with Gasteiger partial charge in [-0.15, -0.1) is 0 Å². The van der Waals surface area contributed by atoms with Crippen molar-refractivity contribution in [2.75, 3.05) is 31.1 Å². The van der Waals surface area contributed by atoms with Crippen LogP contribution in [0.4, 0.5) is 5.69 Å². The molecule has 3 nitrogen and oxygen atoms in total. The number of ether oxygens (including phenoxy) is 1. The number of nitrogens with one attached hydrogen (secondary N) is 1. The number of nitrogens with zero attached hydrogens (tertiary/aromatic N) is 1. The van der Waals surface area contributed by atoms with Crippen molar-refractivity contribution in [3.05, 3.63) is 24.3 Å². The molecule has 21 heavy (non-hydrogen) atoms. The van der Waals surface area contributed by atoms with E-state index in [1.807, 2.05) is 0 Å². The molecule has 0 spiro atoms. The van der Waals surface area contributed by atoms with Gasteiger partial charge in [0.1, 0.15) is 5.75 Å². The van der Waals surface area contributed by atoms with Gasteiger partial charge in [-0.05, 0) is 56.5 Å². The smallest absolute Gasteiger partial charge is 0.119 e. The molecule has 0 unspecified atom stereocenters. The van der Waals surface area contributed by atoms with Crippen molar-refractivity contribution in [3.8, 4) is 5.75 Å². The molecular weight excluding hydrogens is 260 g/mol. The van der Waals surface area contributed by atoms with Crippen molar-refractivity contribution in [1.82, 2.24) is 5.32 Å². The van der Waals surface area contributed by atoms with Gasteiger partial charge in [0, 0.05) is 24.3 Å². The van der Waals surface area contributed by atoms with Gasteiger partial charge in [-0.25, -0.2) is 0 Å². The molecule has 0 saturated carbocycles. The van der Waals surface area contributed by atoms with Gasteiger partial charge in [-0.1, -0.05) is 20.8 Å². The van der Waals surface area contributed by atoms with E-state index in [1.165, 1.54) is 24.9 Å². The van der Waals surface area contributed by atoms with E-state index in [1.54, 1.807) is 0 Å². The zero-order chi connectivity index (χ0) is 15.1. The van der Waals surface area contributed by atoms with Crippen molar-refractivity contribution in [1.29, 1.82) is 0 Å². The zero-order valence-corrected chi connectivity index (χ0v) is 13.8. The third-order valence-electron chi connectivity index (χ3n) is 4.63. The molecule has 1 heterocycles.